The number of anilines is 1. The minimum atomic E-state index is 0.0843. The fraction of sp³-hybridized carbons (Fsp3) is 0.556. The first-order valence-corrected chi connectivity index (χ1v) is 9.52. The van der Waals surface area contributed by atoms with Gasteiger partial charge in [0.25, 0.3) is 0 Å². The fourth-order valence-electron chi connectivity index (χ4n) is 3.25. The average molecular weight is 331 g/mol. The number of piperidine rings is 1. The van der Waals surface area contributed by atoms with Crippen LogP contribution in [-0.2, 0) is 4.79 Å². The van der Waals surface area contributed by atoms with E-state index in [2.05, 4.69) is 39.6 Å². The molecule has 2 aromatic heterocycles. The summed E-state index contributed by atoms with van der Waals surface area (Å²) in [5, 5.41) is 6.43. The molecule has 1 atom stereocenters. The van der Waals surface area contributed by atoms with Crippen LogP contribution < -0.4 is 10.2 Å². The van der Waals surface area contributed by atoms with Gasteiger partial charge in [0.05, 0.1) is 5.92 Å². The molecule has 1 aliphatic rings. The second-order valence-corrected chi connectivity index (χ2v) is 7.20. The van der Waals surface area contributed by atoms with Crippen molar-refractivity contribution in [3.63, 3.8) is 0 Å². The number of hydrogen-bond donors (Lipinski definition) is 1. The summed E-state index contributed by atoms with van der Waals surface area (Å²) in [4.78, 5) is 19.3. The van der Waals surface area contributed by atoms with Gasteiger partial charge in [-0.15, -0.1) is 11.3 Å². The summed E-state index contributed by atoms with van der Waals surface area (Å²) >= 11 is 1.74. The Balaban J connectivity index is 1.64. The van der Waals surface area contributed by atoms with Crippen LogP contribution in [-0.4, -0.2) is 30.5 Å². The van der Waals surface area contributed by atoms with E-state index in [4.69, 9.17) is 0 Å². The Morgan fingerprint density at radius 3 is 3.22 bits per heavy atom. The maximum Gasteiger partial charge on any atom is 0.224 e. The van der Waals surface area contributed by atoms with Crippen molar-refractivity contribution in [2.75, 3.05) is 24.5 Å². The number of hydrogen-bond acceptors (Lipinski definition) is 4. The van der Waals surface area contributed by atoms with Crippen LogP contribution in [0.15, 0.2) is 23.7 Å². The van der Waals surface area contributed by atoms with Gasteiger partial charge in [-0.3, -0.25) is 4.79 Å². The van der Waals surface area contributed by atoms with Crippen molar-refractivity contribution in [1.29, 1.82) is 0 Å². The number of thiophene rings is 1. The summed E-state index contributed by atoms with van der Waals surface area (Å²) in [5.74, 6) is 1.33. The van der Waals surface area contributed by atoms with Crippen molar-refractivity contribution in [3.8, 4) is 0 Å². The van der Waals surface area contributed by atoms with Gasteiger partial charge in [-0.05, 0) is 36.8 Å². The van der Waals surface area contributed by atoms with Gasteiger partial charge in [-0.2, -0.15) is 0 Å². The number of carbonyl (C=O) groups is 1. The highest BCUT2D eigenvalue weighted by molar-refractivity contribution is 7.17. The lowest BCUT2D eigenvalue weighted by atomic mass is 9.97. The van der Waals surface area contributed by atoms with Crippen molar-refractivity contribution in [1.82, 2.24) is 10.3 Å². The zero-order valence-electron chi connectivity index (χ0n) is 13.8. The summed E-state index contributed by atoms with van der Waals surface area (Å²) in [6.45, 7) is 4.75. The van der Waals surface area contributed by atoms with Gasteiger partial charge >= 0.3 is 0 Å². The first-order valence-electron chi connectivity index (χ1n) is 8.64. The summed E-state index contributed by atoms with van der Waals surface area (Å²) in [5.41, 5.74) is 0. The van der Waals surface area contributed by atoms with Gasteiger partial charge in [0.2, 0.25) is 5.91 Å². The van der Waals surface area contributed by atoms with Gasteiger partial charge in [-0.1, -0.05) is 19.8 Å². The molecule has 3 heterocycles. The molecule has 0 aromatic carbocycles. The first kappa shape index (κ1) is 16.2. The van der Waals surface area contributed by atoms with E-state index in [1.807, 2.05) is 6.20 Å². The third-order valence-corrected chi connectivity index (χ3v) is 5.41. The Morgan fingerprint density at radius 2 is 2.35 bits per heavy atom. The van der Waals surface area contributed by atoms with Crippen molar-refractivity contribution >= 4 is 33.1 Å². The van der Waals surface area contributed by atoms with Crippen LogP contribution in [0.4, 0.5) is 5.82 Å². The molecule has 0 aliphatic carbocycles. The number of rotatable bonds is 6. The second kappa shape index (κ2) is 7.77. The predicted molar refractivity (Wildman–Crippen MR) is 97.1 cm³/mol. The number of fused-ring (bicyclic) bond motifs is 1. The molecule has 1 fully saturated rings. The number of aromatic nitrogens is 1. The third kappa shape index (κ3) is 3.83. The van der Waals surface area contributed by atoms with Crippen molar-refractivity contribution in [2.45, 2.75) is 39.0 Å². The van der Waals surface area contributed by atoms with Gasteiger partial charge in [0.1, 0.15) is 5.82 Å². The minimum absolute atomic E-state index is 0.0843. The van der Waals surface area contributed by atoms with Gasteiger partial charge in [0, 0.05) is 35.9 Å². The van der Waals surface area contributed by atoms with E-state index in [0.29, 0.717) is 0 Å². The Morgan fingerprint density at radius 1 is 1.43 bits per heavy atom. The molecule has 0 spiro atoms. The van der Waals surface area contributed by atoms with Crippen LogP contribution in [0.5, 0.6) is 0 Å². The minimum Gasteiger partial charge on any atom is -0.356 e. The number of unbranched alkanes of at least 4 members (excludes halogenated alkanes) is 2. The van der Waals surface area contributed by atoms with E-state index in [0.717, 1.165) is 44.7 Å². The maximum atomic E-state index is 12.4. The first-order chi connectivity index (χ1) is 11.3. The number of amides is 1. The molecule has 3 rings (SSSR count). The Kier molecular flexibility index (Phi) is 5.49. The molecule has 23 heavy (non-hydrogen) atoms. The molecule has 5 heteroatoms. The van der Waals surface area contributed by atoms with E-state index in [-0.39, 0.29) is 11.8 Å². The van der Waals surface area contributed by atoms with Crippen LogP contribution >= 0.6 is 11.3 Å². The molecular weight excluding hydrogens is 306 g/mol. The number of carbonyl (C=O) groups excluding carboxylic acids is 1. The molecule has 1 N–H and O–H groups in total. The number of nitrogens with one attached hydrogen (secondary N) is 1. The van der Waals surface area contributed by atoms with Crippen molar-refractivity contribution in [3.05, 3.63) is 23.7 Å². The largest absolute Gasteiger partial charge is 0.356 e. The van der Waals surface area contributed by atoms with Crippen molar-refractivity contribution < 1.29 is 4.79 Å². The molecule has 4 nitrogen and oxygen atoms in total. The monoisotopic (exact) mass is 331 g/mol. The SMILES string of the molecule is CCCCCNC(=O)C1CCCN(c2nccc3sccc23)C1. The van der Waals surface area contributed by atoms with Crippen LogP contribution in [0.1, 0.15) is 39.0 Å². The lowest BCUT2D eigenvalue weighted by Gasteiger charge is -2.33. The number of nitrogens with zero attached hydrogens (tertiary/aromatic N) is 2. The molecule has 1 amide bonds. The lowest BCUT2D eigenvalue weighted by Crippen LogP contribution is -2.43. The topological polar surface area (TPSA) is 45.2 Å². The highest BCUT2D eigenvalue weighted by Gasteiger charge is 2.27. The summed E-state index contributed by atoms with van der Waals surface area (Å²) in [7, 11) is 0. The van der Waals surface area contributed by atoms with E-state index in [1.165, 1.54) is 22.9 Å². The number of pyridine rings is 1. The highest BCUT2D eigenvalue weighted by Crippen LogP contribution is 2.31. The Labute approximate surface area is 141 Å². The lowest BCUT2D eigenvalue weighted by molar-refractivity contribution is -0.125. The van der Waals surface area contributed by atoms with Gasteiger partial charge in [-0.25, -0.2) is 4.98 Å². The Hall–Kier alpha value is -1.62. The molecular formula is C18H25N3OS. The average Bonchev–Trinajstić information content (AvgIpc) is 3.07. The molecule has 124 valence electrons. The van der Waals surface area contributed by atoms with Crippen LogP contribution in [0, 0.1) is 5.92 Å². The zero-order valence-corrected chi connectivity index (χ0v) is 14.6. The summed E-state index contributed by atoms with van der Waals surface area (Å²) in [6.07, 6.45) is 7.35. The van der Waals surface area contributed by atoms with E-state index in [1.54, 1.807) is 11.3 Å². The second-order valence-electron chi connectivity index (χ2n) is 6.25. The third-order valence-electron chi connectivity index (χ3n) is 4.53. The normalized spacial score (nSPS) is 18.3. The van der Waals surface area contributed by atoms with Crippen molar-refractivity contribution in [2.24, 2.45) is 5.92 Å². The molecule has 2 aromatic rings. The molecule has 0 radical (unpaired) electrons. The molecule has 0 bridgehead atoms. The summed E-state index contributed by atoms with van der Waals surface area (Å²) in [6, 6.07) is 4.20. The molecule has 1 saturated heterocycles. The van der Waals surface area contributed by atoms with E-state index < -0.39 is 0 Å². The van der Waals surface area contributed by atoms with Gasteiger partial charge < -0.3 is 10.2 Å². The van der Waals surface area contributed by atoms with Gasteiger partial charge in [0.15, 0.2) is 0 Å². The van der Waals surface area contributed by atoms with Crippen LogP contribution in [0.2, 0.25) is 0 Å². The van der Waals surface area contributed by atoms with E-state index in [9.17, 15) is 4.79 Å². The quantitative estimate of drug-likeness (QED) is 0.819. The maximum absolute atomic E-state index is 12.4. The van der Waals surface area contributed by atoms with Crippen LogP contribution in [0.25, 0.3) is 10.1 Å². The summed E-state index contributed by atoms with van der Waals surface area (Å²) < 4.78 is 1.26. The smallest absolute Gasteiger partial charge is 0.224 e. The fourth-order valence-corrected chi connectivity index (χ4v) is 4.02. The predicted octanol–water partition coefficient (Wildman–Crippen LogP) is 3.82. The molecule has 1 unspecified atom stereocenters. The zero-order chi connectivity index (χ0) is 16.1. The molecule has 0 saturated carbocycles. The Bertz CT molecular complexity index is 655. The van der Waals surface area contributed by atoms with Crippen LogP contribution in [0.3, 0.4) is 0 Å². The molecule has 1 aliphatic heterocycles. The van der Waals surface area contributed by atoms with E-state index >= 15 is 0 Å². The highest BCUT2D eigenvalue weighted by atomic mass is 32.1. The standard InChI is InChI=1S/C18H25N3OS/c1-2-3-4-9-20-18(22)14-6-5-11-21(13-14)17-15-8-12-23-16(15)7-10-19-17/h7-8,10,12,14H,2-6,9,11,13H2,1H3,(H,20,22).